The first-order valence-electron chi connectivity index (χ1n) is 7.16. The predicted octanol–water partition coefficient (Wildman–Crippen LogP) is 1.11. The highest BCUT2D eigenvalue weighted by atomic mass is 32.2. The van der Waals surface area contributed by atoms with Crippen molar-refractivity contribution in [3.63, 3.8) is 0 Å². The van der Waals surface area contributed by atoms with E-state index in [1.165, 1.54) is 4.31 Å². The molecule has 2 saturated heterocycles. The Bertz CT molecular complexity index is 565. The molecule has 2 fully saturated rings. The molecule has 0 aliphatic carbocycles. The fourth-order valence-corrected chi connectivity index (χ4v) is 4.84. The number of nitrogens with zero attached hydrogens (tertiary/aromatic N) is 2. The molecule has 3 rings (SSSR count). The van der Waals surface area contributed by atoms with Crippen molar-refractivity contribution in [3.8, 4) is 0 Å². The van der Waals surface area contributed by atoms with Gasteiger partial charge in [-0.15, -0.1) is 0 Å². The van der Waals surface area contributed by atoms with Gasteiger partial charge in [0, 0.05) is 19.1 Å². The van der Waals surface area contributed by atoms with Gasteiger partial charge < -0.3 is 5.32 Å². The number of hydrogen-bond acceptors (Lipinski definition) is 3. The normalized spacial score (nSPS) is 24.1. The molecule has 2 heterocycles. The lowest BCUT2D eigenvalue weighted by Crippen LogP contribution is -2.45. The lowest BCUT2D eigenvalue weighted by molar-refractivity contribution is 0.280. The topological polar surface area (TPSA) is 52.6 Å². The zero-order valence-corrected chi connectivity index (χ0v) is 12.6. The smallest absolute Gasteiger partial charge is 0.304 e. The molecular weight excluding hydrogens is 274 g/mol. The fourth-order valence-electron chi connectivity index (χ4n) is 2.99. The molecule has 2 aliphatic heterocycles. The van der Waals surface area contributed by atoms with Crippen LogP contribution in [0.2, 0.25) is 0 Å². The van der Waals surface area contributed by atoms with E-state index in [2.05, 4.69) is 5.32 Å². The minimum Gasteiger partial charge on any atom is -0.317 e. The van der Waals surface area contributed by atoms with E-state index < -0.39 is 10.2 Å². The number of benzene rings is 1. The van der Waals surface area contributed by atoms with Crippen molar-refractivity contribution in [3.05, 3.63) is 29.8 Å². The Morgan fingerprint density at radius 1 is 1.10 bits per heavy atom. The number of rotatable bonds is 2. The van der Waals surface area contributed by atoms with Crippen molar-refractivity contribution in [1.82, 2.24) is 9.62 Å². The fraction of sp³-hybridized carbons (Fsp3) is 0.571. The van der Waals surface area contributed by atoms with Gasteiger partial charge in [-0.25, -0.2) is 0 Å². The van der Waals surface area contributed by atoms with Crippen LogP contribution in [0.4, 0.5) is 5.69 Å². The molecule has 1 aromatic rings. The molecule has 20 heavy (non-hydrogen) atoms. The van der Waals surface area contributed by atoms with E-state index in [0.29, 0.717) is 13.1 Å². The highest BCUT2D eigenvalue weighted by molar-refractivity contribution is 7.90. The molecule has 0 amide bonds. The Balaban J connectivity index is 1.83. The van der Waals surface area contributed by atoms with Crippen LogP contribution in [0, 0.1) is 6.92 Å². The summed E-state index contributed by atoms with van der Waals surface area (Å²) in [5.74, 6) is 0. The molecule has 0 unspecified atom stereocenters. The van der Waals surface area contributed by atoms with E-state index in [9.17, 15) is 8.42 Å². The SMILES string of the molecule is Cc1ccc(N2CCN(C3CCNCC3)S2(=O)=O)cc1. The molecular formula is C14H21N3O2S. The molecule has 0 aromatic heterocycles. The summed E-state index contributed by atoms with van der Waals surface area (Å²) >= 11 is 0. The van der Waals surface area contributed by atoms with E-state index in [1.54, 1.807) is 4.31 Å². The van der Waals surface area contributed by atoms with E-state index in [4.69, 9.17) is 0 Å². The van der Waals surface area contributed by atoms with Crippen LogP contribution in [0.1, 0.15) is 18.4 Å². The minimum absolute atomic E-state index is 0.150. The summed E-state index contributed by atoms with van der Waals surface area (Å²) in [6.07, 6.45) is 1.81. The number of nitrogens with one attached hydrogen (secondary N) is 1. The molecule has 0 bridgehead atoms. The summed E-state index contributed by atoms with van der Waals surface area (Å²) in [6.45, 7) is 4.96. The standard InChI is InChI=1S/C14H21N3O2S/c1-12-2-4-13(5-3-12)16-10-11-17(20(16,18)19)14-6-8-15-9-7-14/h2-5,14-15H,6-11H2,1H3. The number of aryl methyl sites for hydroxylation is 1. The van der Waals surface area contributed by atoms with Gasteiger partial charge in [-0.3, -0.25) is 4.31 Å². The van der Waals surface area contributed by atoms with Gasteiger partial charge in [0.25, 0.3) is 0 Å². The highest BCUT2D eigenvalue weighted by Crippen LogP contribution is 2.29. The molecule has 1 aromatic carbocycles. The lowest BCUT2D eigenvalue weighted by atomic mass is 10.1. The third-order valence-corrected chi connectivity index (χ3v) is 6.16. The van der Waals surface area contributed by atoms with Crippen LogP contribution in [0.15, 0.2) is 24.3 Å². The first kappa shape index (κ1) is 13.9. The molecule has 5 nitrogen and oxygen atoms in total. The van der Waals surface area contributed by atoms with Crippen LogP contribution in [-0.2, 0) is 10.2 Å². The zero-order chi connectivity index (χ0) is 14.2. The van der Waals surface area contributed by atoms with Gasteiger partial charge in [0.2, 0.25) is 0 Å². The molecule has 2 aliphatic rings. The van der Waals surface area contributed by atoms with E-state index in [1.807, 2.05) is 31.2 Å². The summed E-state index contributed by atoms with van der Waals surface area (Å²) in [4.78, 5) is 0. The van der Waals surface area contributed by atoms with Crippen LogP contribution < -0.4 is 9.62 Å². The Hall–Kier alpha value is -1.11. The van der Waals surface area contributed by atoms with Gasteiger partial charge in [0.1, 0.15) is 0 Å². The third-order valence-electron chi connectivity index (χ3n) is 4.14. The molecule has 1 N–H and O–H groups in total. The largest absolute Gasteiger partial charge is 0.317 e. The monoisotopic (exact) mass is 295 g/mol. The van der Waals surface area contributed by atoms with Crippen LogP contribution in [-0.4, -0.2) is 44.9 Å². The average Bonchev–Trinajstić information content (AvgIpc) is 2.76. The summed E-state index contributed by atoms with van der Waals surface area (Å²) in [7, 11) is -3.35. The number of piperidine rings is 1. The zero-order valence-electron chi connectivity index (χ0n) is 11.7. The van der Waals surface area contributed by atoms with Crippen LogP contribution >= 0.6 is 0 Å². The van der Waals surface area contributed by atoms with Gasteiger partial charge in [-0.2, -0.15) is 12.7 Å². The third kappa shape index (κ3) is 2.43. The van der Waals surface area contributed by atoms with Gasteiger partial charge in [-0.1, -0.05) is 17.7 Å². The quantitative estimate of drug-likeness (QED) is 0.889. The Morgan fingerprint density at radius 2 is 1.75 bits per heavy atom. The maximum Gasteiger partial charge on any atom is 0.304 e. The first-order valence-corrected chi connectivity index (χ1v) is 8.55. The molecule has 6 heteroatoms. The van der Waals surface area contributed by atoms with Gasteiger partial charge in [0.15, 0.2) is 0 Å². The van der Waals surface area contributed by atoms with Gasteiger partial charge in [0.05, 0.1) is 5.69 Å². The van der Waals surface area contributed by atoms with Crippen molar-refractivity contribution in [1.29, 1.82) is 0 Å². The van der Waals surface area contributed by atoms with E-state index in [0.717, 1.165) is 37.2 Å². The van der Waals surface area contributed by atoms with Crippen molar-refractivity contribution in [2.45, 2.75) is 25.8 Å². The molecule has 0 radical (unpaired) electrons. The Morgan fingerprint density at radius 3 is 2.40 bits per heavy atom. The molecule has 110 valence electrons. The average molecular weight is 295 g/mol. The molecule has 0 saturated carbocycles. The first-order chi connectivity index (χ1) is 9.59. The second-order valence-corrected chi connectivity index (χ2v) is 7.31. The number of hydrogen-bond donors (Lipinski definition) is 1. The van der Waals surface area contributed by atoms with Crippen molar-refractivity contribution < 1.29 is 8.42 Å². The molecule has 0 atom stereocenters. The predicted molar refractivity (Wildman–Crippen MR) is 80.0 cm³/mol. The van der Waals surface area contributed by atoms with Gasteiger partial charge in [-0.05, 0) is 45.0 Å². The Labute approximate surface area is 120 Å². The highest BCUT2D eigenvalue weighted by Gasteiger charge is 2.41. The molecule has 0 spiro atoms. The maximum atomic E-state index is 12.7. The summed E-state index contributed by atoms with van der Waals surface area (Å²) in [5, 5.41) is 3.28. The second kappa shape index (κ2) is 5.35. The van der Waals surface area contributed by atoms with Crippen molar-refractivity contribution >= 4 is 15.9 Å². The van der Waals surface area contributed by atoms with E-state index >= 15 is 0 Å². The van der Waals surface area contributed by atoms with Crippen LogP contribution in [0.25, 0.3) is 0 Å². The Kier molecular flexibility index (Phi) is 3.70. The number of anilines is 1. The minimum atomic E-state index is -3.35. The summed E-state index contributed by atoms with van der Waals surface area (Å²) in [6, 6.07) is 7.84. The van der Waals surface area contributed by atoms with Crippen LogP contribution in [0.3, 0.4) is 0 Å². The van der Waals surface area contributed by atoms with Crippen molar-refractivity contribution in [2.75, 3.05) is 30.5 Å². The van der Waals surface area contributed by atoms with Gasteiger partial charge >= 0.3 is 10.2 Å². The summed E-state index contributed by atoms with van der Waals surface area (Å²) in [5.41, 5.74) is 1.91. The van der Waals surface area contributed by atoms with Crippen molar-refractivity contribution in [2.24, 2.45) is 0 Å². The summed E-state index contributed by atoms with van der Waals surface area (Å²) < 4.78 is 28.6. The second-order valence-electron chi connectivity index (χ2n) is 5.51. The lowest BCUT2D eigenvalue weighted by Gasteiger charge is -2.30. The van der Waals surface area contributed by atoms with E-state index in [-0.39, 0.29) is 6.04 Å². The maximum absolute atomic E-state index is 12.7. The van der Waals surface area contributed by atoms with Crippen LogP contribution in [0.5, 0.6) is 0 Å².